The number of carbonyl (C=O) groups is 1. The summed E-state index contributed by atoms with van der Waals surface area (Å²) in [6, 6.07) is 9.21. The van der Waals surface area contributed by atoms with E-state index in [1.807, 2.05) is 6.07 Å². The Bertz CT molecular complexity index is 662. The van der Waals surface area contributed by atoms with Crippen molar-refractivity contribution in [3.05, 3.63) is 54.0 Å². The quantitative estimate of drug-likeness (QED) is 0.939. The second-order valence-corrected chi connectivity index (χ2v) is 6.03. The van der Waals surface area contributed by atoms with E-state index in [-0.39, 0.29) is 11.7 Å². The molecule has 1 saturated heterocycles. The van der Waals surface area contributed by atoms with Crippen LogP contribution in [0.5, 0.6) is 0 Å². The van der Waals surface area contributed by atoms with Crippen LogP contribution in [-0.4, -0.2) is 24.0 Å². The van der Waals surface area contributed by atoms with Crippen LogP contribution in [0.3, 0.4) is 0 Å². The molecule has 0 saturated carbocycles. The minimum absolute atomic E-state index is 0.294. The van der Waals surface area contributed by atoms with Crippen LogP contribution in [0.1, 0.15) is 30.1 Å². The normalized spacial score (nSPS) is 15.5. The largest absolute Gasteiger partial charge is 0.370 e. The highest BCUT2D eigenvalue weighted by molar-refractivity contribution is 6.03. The molecule has 1 fully saturated rings. The molecular weight excluding hydrogens is 293 g/mol. The molecular formula is C18H20FN3O. The maximum Gasteiger partial charge on any atom is 0.256 e. The van der Waals surface area contributed by atoms with Gasteiger partial charge in [-0.05, 0) is 55.2 Å². The maximum atomic E-state index is 12.9. The molecule has 1 amide bonds. The van der Waals surface area contributed by atoms with Gasteiger partial charge in [0.2, 0.25) is 0 Å². The average Bonchev–Trinajstić information content (AvgIpc) is 2.57. The summed E-state index contributed by atoms with van der Waals surface area (Å²) in [4.78, 5) is 18.7. The summed E-state index contributed by atoms with van der Waals surface area (Å²) in [5, 5.41) is 2.72. The van der Waals surface area contributed by atoms with Crippen LogP contribution in [-0.2, 0) is 0 Å². The van der Waals surface area contributed by atoms with Crippen LogP contribution in [0.25, 0.3) is 0 Å². The van der Waals surface area contributed by atoms with Crippen molar-refractivity contribution in [3.8, 4) is 0 Å². The zero-order valence-electron chi connectivity index (χ0n) is 13.1. The van der Waals surface area contributed by atoms with Crippen molar-refractivity contribution >= 4 is 17.4 Å². The van der Waals surface area contributed by atoms with Gasteiger partial charge in [0.15, 0.2) is 0 Å². The Balaban J connectivity index is 1.63. The van der Waals surface area contributed by atoms with Crippen LogP contribution in [0.4, 0.5) is 15.9 Å². The number of piperidine rings is 1. The van der Waals surface area contributed by atoms with E-state index in [9.17, 15) is 9.18 Å². The first-order chi connectivity index (χ1) is 11.1. The zero-order chi connectivity index (χ0) is 16.2. The van der Waals surface area contributed by atoms with Crippen LogP contribution in [0.15, 0.2) is 42.6 Å². The number of pyridine rings is 1. The summed E-state index contributed by atoms with van der Waals surface area (Å²) < 4.78 is 12.9. The summed E-state index contributed by atoms with van der Waals surface area (Å²) in [7, 11) is 0. The van der Waals surface area contributed by atoms with Crippen LogP contribution >= 0.6 is 0 Å². The van der Waals surface area contributed by atoms with E-state index in [0.29, 0.717) is 11.4 Å². The van der Waals surface area contributed by atoms with Gasteiger partial charge in [-0.15, -0.1) is 0 Å². The topological polar surface area (TPSA) is 45.2 Å². The third-order valence-electron chi connectivity index (χ3n) is 4.24. The highest BCUT2D eigenvalue weighted by Gasteiger charge is 2.16. The van der Waals surface area contributed by atoms with Crippen molar-refractivity contribution in [3.63, 3.8) is 0 Å². The first-order valence-electron chi connectivity index (χ1n) is 7.90. The van der Waals surface area contributed by atoms with Gasteiger partial charge < -0.3 is 10.2 Å². The molecule has 23 heavy (non-hydrogen) atoms. The number of hydrogen-bond acceptors (Lipinski definition) is 3. The number of benzene rings is 1. The number of halogens is 1. The fourth-order valence-electron chi connectivity index (χ4n) is 2.70. The van der Waals surface area contributed by atoms with E-state index >= 15 is 0 Å². The molecule has 2 heterocycles. The van der Waals surface area contributed by atoms with Crippen molar-refractivity contribution in [2.45, 2.75) is 19.8 Å². The number of hydrogen-bond donors (Lipinski definition) is 1. The van der Waals surface area contributed by atoms with Gasteiger partial charge in [0.25, 0.3) is 5.91 Å². The highest BCUT2D eigenvalue weighted by atomic mass is 19.1. The van der Waals surface area contributed by atoms with Gasteiger partial charge in [0.1, 0.15) is 11.6 Å². The van der Waals surface area contributed by atoms with E-state index in [1.54, 1.807) is 12.3 Å². The summed E-state index contributed by atoms with van der Waals surface area (Å²) in [5.74, 6) is 0.624. The smallest absolute Gasteiger partial charge is 0.256 e. The molecule has 0 spiro atoms. The molecule has 1 aliphatic rings. The third-order valence-corrected chi connectivity index (χ3v) is 4.24. The van der Waals surface area contributed by atoms with Gasteiger partial charge in [0.05, 0.1) is 11.9 Å². The molecule has 0 radical (unpaired) electrons. The second kappa shape index (κ2) is 6.77. The minimum Gasteiger partial charge on any atom is -0.370 e. The third kappa shape index (κ3) is 3.86. The molecule has 120 valence electrons. The molecule has 0 bridgehead atoms. The molecule has 0 aliphatic carbocycles. The Morgan fingerprint density at radius 2 is 1.87 bits per heavy atom. The molecule has 3 rings (SSSR count). The lowest BCUT2D eigenvalue weighted by Crippen LogP contribution is -2.32. The Labute approximate surface area is 135 Å². The van der Waals surface area contributed by atoms with E-state index in [4.69, 9.17) is 0 Å². The minimum atomic E-state index is -0.361. The average molecular weight is 313 g/mol. The van der Waals surface area contributed by atoms with E-state index < -0.39 is 0 Å². The molecule has 1 aromatic carbocycles. The number of anilines is 2. The van der Waals surface area contributed by atoms with Crippen molar-refractivity contribution in [2.24, 2.45) is 5.92 Å². The summed E-state index contributed by atoms with van der Waals surface area (Å²) in [6.45, 7) is 4.37. The van der Waals surface area contributed by atoms with Crippen molar-refractivity contribution in [2.75, 3.05) is 23.3 Å². The summed E-state index contributed by atoms with van der Waals surface area (Å²) in [5.41, 5.74) is 1.49. The summed E-state index contributed by atoms with van der Waals surface area (Å²) >= 11 is 0. The first kappa shape index (κ1) is 15.5. The van der Waals surface area contributed by atoms with Gasteiger partial charge in [-0.3, -0.25) is 4.79 Å². The van der Waals surface area contributed by atoms with Crippen molar-refractivity contribution in [1.82, 2.24) is 4.98 Å². The molecule has 0 unspecified atom stereocenters. The number of aromatic nitrogens is 1. The lowest BCUT2D eigenvalue weighted by Gasteiger charge is -2.31. The molecule has 1 aromatic heterocycles. The van der Waals surface area contributed by atoms with Crippen LogP contribution in [0.2, 0.25) is 0 Å². The molecule has 5 heteroatoms. The molecule has 0 atom stereocenters. The Kier molecular flexibility index (Phi) is 4.55. The Hall–Kier alpha value is -2.43. The van der Waals surface area contributed by atoms with E-state index in [2.05, 4.69) is 22.1 Å². The van der Waals surface area contributed by atoms with Crippen molar-refractivity contribution < 1.29 is 9.18 Å². The second-order valence-electron chi connectivity index (χ2n) is 6.03. The Morgan fingerprint density at radius 1 is 1.17 bits per heavy atom. The predicted molar refractivity (Wildman–Crippen MR) is 89.2 cm³/mol. The van der Waals surface area contributed by atoms with Gasteiger partial charge in [-0.2, -0.15) is 0 Å². The zero-order valence-corrected chi connectivity index (χ0v) is 13.1. The standard InChI is InChI=1S/C18H20FN3O/c1-13-8-10-22(11-9-13)16-6-7-17(20-12-16)21-18(23)14-2-4-15(19)5-3-14/h2-7,12-13H,8-11H2,1H3,(H,20,21,23). The van der Waals surface area contributed by atoms with E-state index in [0.717, 1.165) is 24.7 Å². The number of nitrogens with zero attached hydrogens (tertiary/aromatic N) is 2. The first-order valence-corrected chi connectivity index (χ1v) is 7.90. The fourth-order valence-corrected chi connectivity index (χ4v) is 2.70. The van der Waals surface area contributed by atoms with E-state index in [1.165, 1.54) is 37.1 Å². The summed E-state index contributed by atoms with van der Waals surface area (Å²) in [6.07, 6.45) is 4.18. The highest BCUT2D eigenvalue weighted by Crippen LogP contribution is 2.23. The lowest BCUT2D eigenvalue weighted by molar-refractivity contribution is 0.102. The fraction of sp³-hybridized carbons (Fsp3) is 0.333. The number of nitrogens with one attached hydrogen (secondary N) is 1. The van der Waals surface area contributed by atoms with Gasteiger partial charge >= 0.3 is 0 Å². The predicted octanol–water partition coefficient (Wildman–Crippen LogP) is 3.71. The van der Waals surface area contributed by atoms with Crippen molar-refractivity contribution in [1.29, 1.82) is 0 Å². The monoisotopic (exact) mass is 313 g/mol. The lowest BCUT2D eigenvalue weighted by atomic mass is 9.99. The SMILES string of the molecule is CC1CCN(c2ccc(NC(=O)c3ccc(F)cc3)nc2)CC1. The Morgan fingerprint density at radius 3 is 2.48 bits per heavy atom. The number of rotatable bonds is 3. The maximum absolute atomic E-state index is 12.9. The molecule has 1 N–H and O–H groups in total. The van der Waals surface area contributed by atoms with Gasteiger partial charge in [-0.25, -0.2) is 9.37 Å². The number of carbonyl (C=O) groups excluding carboxylic acids is 1. The molecule has 2 aromatic rings. The van der Waals surface area contributed by atoms with Crippen LogP contribution < -0.4 is 10.2 Å². The van der Waals surface area contributed by atoms with Crippen LogP contribution in [0, 0.1) is 11.7 Å². The van der Waals surface area contributed by atoms with Gasteiger partial charge in [0, 0.05) is 18.7 Å². The molecule has 4 nitrogen and oxygen atoms in total. The van der Waals surface area contributed by atoms with Gasteiger partial charge in [-0.1, -0.05) is 6.92 Å². The molecule has 1 aliphatic heterocycles. The number of amides is 1.